The second-order valence-electron chi connectivity index (χ2n) is 7.10. The molecule has 1 aromatic carbocycles. The summed E-state index contributed by atoms with van der Waals surface area (Å²) in [6.07, 6.45) is 9.61. The van der Waals surface area contributed by atoms with Crippen molar-refractivity contribution < 1.29 is 9.47 Å². The summed E-state index contributed by atoms with van der Waals surface area (Å²) in [6, 6.07) is 7.60. The average molecular weight is 379 g/mol. The molecule has 0 bridgehead atoms. The number of nitrogens with zero attached hydrogens (tertiary/aromatic N) is 5. The molecule has 2 aromatic heterocycles. The lowest BCUT2D eigenvalue weighted by molar-refractivity contribution is 0.196. The van der Waals surface area contributed by atoms with Gasteiger partial charge in [-0.3, -0.25) is 14.6 Å². The van der Waals surface area contributed by atoms with Crippen LogP contribution in [0.4, 0.5) is 0 Å². The van der Waals surface area contributed by atoms with E-state index in [0.29, 0.717) is 17.4 Å². The van der Waals surface area contributed by atoms with Crippen LogP contribution in [-0.2, 0) is 13.6 Å². The van der Waals surface area contributed by atoms with Crippen molar-refractivity contribution >= 4 is 0 Å². The highest BCUT2D eigenvalue weighted by Crippen LogP contribution is 2.35. The molecule has 7 nitrogen and oxygen atoms in total. The molecule has 28 heavy (non-hydrogen) atoms. The summed E-state index contributed by atoms with van der Waals surface area (Å²) in [5.41, 5.74) is 2.14. The van der Waals surface area contributed by atoms with Crippen molar-refractivity contribution in [2.75, 3.05) is 20.2 Å². The monoisotopic (exact) mass is 379 g/mol. The van der Waals surface area contributed by atoms with Gasteiger partial charge < -0.3 is 9.47 Å². The lowest BCUT2D eigenvalue weighted by atomic mass is 9.94. The van der Waals surface area contributed by atoms with E-state index in [4.69, 9.17) is 9.47 Å². The Hall–Kier alpha value is -2.93. The fraction of sp³-hybridized carbons (Fsp3) is 0.381. The number of para-hydroxylation sites is 2. The van der Waals surface area contributed by atoms with Gasteiger partial charge in [-0.05, 0) is 31.5 Å². The summed E-state index contributed by atoms with van der Waals surface area (Å²) in [7, 11) is 3.58. The Bertz CT molecular complexity index is 926. The first-order chi connectivity index (χ1) is 13.7. The third kappa shape index (κ3) is 4.14. The van der Waals surface area contributed by atoms with Crippen LogP contribution in [0.3, 0.4) is 0 Å². The van der Waals surface area contributed by atoms with Gasteiger partial charge in [-0.25, -0.2) is 4.98 Å². The van der Waals surface area contributed by atoms with Gasteiger partial charge in [-0.2, -0.15) is 5.10 Å². The first-order valence-corrected chi connectivity index (χ1v) is 9.54. The van der Waals surface area contributed by atoms with E-state index < -0.39 is 0 Å². The van der Waals surface area contributed by atoms with Crippen LogP contribution in [0, 0.1) is 0 Å². The Balaban J connectivity index is 1.52. The summed E-state index contributed by atoms with van der Waals surface area (Å²) in [5.74, 6) is 2.17. The molecular weight excluding hydrogens is 354 g/mol. The van der Waals surface area contributed by atoms with Gasteiger partial charge in [-0.15, -0.1) is 0 Å². The normalized spacial score (nSPS) is 17.4. The third-order valence-corrected chi connectivity index (χ3v) is 5.02. The number of ether oxygens (including phenoxy) is 2. The third-order valence-electron chi connectivity index (χ3n) is 5.02. The summed E-state index contributed by atoms with van der Waals surface area (Å²) in [4.78, 5) is 11.5. The maximum atomic E-state index is 6.11. The van der Waals surface area contributed by atoms with Crippen molar-refractivity contribution in [2.24, 2.45) is 7.05 Å². The Labute approximate surface area is 164 Å². The number of hydrogen-bond acceptors (Lipinski definition) is 6. The highest BCUT2D eigenvalue weighted by Gasteiger charge is 2.26. The Morgan fingerprint density at radius 3 is 2.75 bits per heavy atom. The van der Waals surface area contributed by atoms with Crippen LogP contribution in [0.1, 0.15) is 30.0 Å². The lowest BCUT2D eigenvalue weighted by Gasteiger charge is -2.32. The highest BCUT2D eigenvalue weighted by atomic mass is 16.5. The van der Waals surface area contributed by atoms with Crippen molar-refractivity contribution in [2.45, 2.75) is 25.3 Å². The van der Waals surface area contributed by atoms with Gasteiger partial charge in [0.05, 0.1) is 13.3 Å². The first-order valence-electron chi connectivity index (χ1n) is 9.54. The van der Waals surface area contributed by atoms with E-state index in [1.165, 1.54) is 5.56 Å². The molecule has 1 aliphatic heterocycles. The van der Waals surface area contributed by atoms with Crippen molar-refractivity contribution in [1.29, 1.82) is 0 Å². The second kappa shape index (κ2) is 8.39. The number of rotatable bonds is 6. The molecule has 0 saturated carbocycles. The molecule has 0 spiro atoms. The number of aryl methyl sites for hydroxylation is 1. The van der Waals surface area contributed by atoms with E-state index in [1.54, 1.807) is 19.5 Å². The van der Waals surface area contributed by atoms with E-state index in [0.717, 1.165) is 38.2 Å². The molecule has 1 saturated heterocycles. The number of methoxy groups -OCH3 is 1. The van der Waals surface area contributed by atoms with Gasteiger partial charge in [-0.1, -0.05) is 12.1 Å². The summed E-state index contributed by atoms with van der Waals surface area (Å²) < 4.78 is 13.4. The largest absolute Gasteiger partial charge is 0.493 e. The number of piperidine rings is 1. The van der Waals surface area contributed by atoms with Gasteiger partial charge in [0.2, 0.25) is 5.88 Å². The average Bonchev–Trinajstić information content (AvgIpc) is 3.13. The van der Waals surface area contributed by atoms with Crippen LogP contribution < -0.4 is 9.47 Å². The molecule has 146 valence electrons. The zero-order chi connectivity index (χ0) is 19.3. The van der Waals surface area contributed by atoms with E-state index in [-0.39, 0.29) is 5.92 Å². The number of likely N-dealkylation sites (tertiary alicyclic amines) is 1. The fourth-order valence-corrected chi connectivity index (χ4v) is 3.74. The van der Waals surface area contributed by atoms with Gasteiger partial charge in [0.1, 0.15) is 5.69 Å². The molecule has 7 heteroatoms. The predicted molar refractivity (Wildman–Crippen MR) is 106 cm³/mol. The van der Waals surface area contributed by atoms with Crippen LogP contribution in [-0.4, -0.2) is 44.8 Å². The zero-order valence-corrected chi connectivity index (χ0v) is 16.3. The van der Waals surface area contributed by atoms with Crippen LogP contribution in [0.25, 0.3) is 0 Å². The molecule has 1 fully saturated rings. The lowest BCUT2D eigenvalue weighted by Crippen LogP contribution is -2.34. The molecule has 0 aliphatic carbocycles. The standard InChI is InChI=1S/C21H25N5O2/c1-25-13-16(12-24-25)14-26-11-5-6-17(15-26)20-21(23-10-9-22-20)28-19-8-4-3-7-18(19)27-2/h3-4,7-10,12-13,17H,5-6,11,14-15H2,1-2H3. The van der Waals surface area contributed by atoms with Gasteiger partial charge in [0.15, 0.2) is 11.5 Å². The molecular formula is C21H25N5O2. The molecule has 0 radical (unpaired) electrons. The van der Waals surface area contributed by atoms with Crippen molar-refractivity contribution in [3.63, 3.8) is 0 Å². The summed E-state index contributed by atoms with van der Waals surface area (Å²) >= 11 is 0. The van der Waals surface area contributed by atoms with Crippen LogP contribution >= 0.6 is 0 Å². The number of hydrogen-bond donors (Lipinski definition) is 0. The fourth-order valence-electron chi connectivity index (χ4n) is 3.74. The van der Waals surface area contributed by atoms with Gasteiger partial charge in [0.25, 0.3) is 0 Å². The minimum atomic E-state index is 0.281. The van der Waals surface area contributed by atoms with Gasteiger partial charge >= 0.3 is 0 Å². The number of aromatic nitrogens is 4. The molecule has 3 aromatic rings. The van der Waals surface area contributed by atoms with Gasteiger partial charge in [0, 0.05) is 50.2 Å². The van der Waals surface area contributed by atoms with Crippen LogP contribution in [0.15, 0.2) is 49.1 Å². The smallest absolute Gasteiger partial charge is 0.241 e. The molecule has 1 atom stereocenters. The minimum absolute atomic E-state index is 0.281. The van der Waals surface area contributed by atoms with Crippen molar-refractivity contribution in [3.8, 4) is 17.4 Å². The molecule has 3 heterocycles. The SMILES string of the molecule is COc1ccccc1Oc1nccnc1C1CCCN(Cc2cnn(C)c2)C1. The van der Waals surface area contributed by atoms with Crippen molar-refractivity contribution in [1.82, 2.24) is 24.6 Å². The summed E-state index contributed by atoms with van der Waals surface area (Å²) in [6.45, 7) is 2.90. The quantitative estimate of drug-likeness (QED) is 0.654. The van der Waals surface area contributed by atoms with Crippen LogP contribution in [0.5, 0.6) is 17.4 Å². The first kappa shape index (κ1) is 18.4. The molecule has 0 amide bonds. The molecule has 1 unspecified atom stereocenters. The van der Waals surface area contributed by atoms with Crippen LogP contribution in [0.2, 0.25) is 0 Å². The minimum Gasteiger partial charge on any atom is -0.493 e. The summed E-state index contributed by atoms with van der Waals surface area (Å²) in [5, 5.41) is 4.27. The topological polar surface area (TPSA) is 65.3 Å². The molecule has 1 aliphatic rings. The van der Waals surface area contributed by atoms with E-state index in [9.17, 15) is 0 Å². The zero-order valence-electron chi connectivity index (χ0n) is 16.3. The Morgan fingerprint density at radius 1 is 1.14 bits per heavy atom. The number of benzene rings is 1. The maximum absolute atomic E-state index is 6.11. The van der Waals surface area contributed by atoms with E-state index in [1.807, 2.05) is 42.2 Å². The van der Waals surface area contributed by atoms with E-state index >= 15 is 0 Å². The Kier molecular flexibility index (Phi) is 5.53. The molecule has 4 rings (SSSR count). The van der Waals surface area contributed by atoms with Crippen molar-refractivity contribution in [3.05, 3.63) is 60.3 Å². The highest BCUT2D eigenvalue weighted by molar-refractivity contribution is 5.42. The Morgan fingerprint density at radius 2 is 1.96 bits per heavy atom. The maximum Gasteiger partial charge on any atom is 0.241 e. The molecule has 0 N–H and O–H groups in total. The predicted octanol–water partition coefficient (Wildman–Crippen LogP) is 3.39. The van der Waals surface area contributed by atoms with E-state index in [2.05, 4.69) is 26.2 Å². The second-order valence-corrected chi connectivity index (χ2v) is 7.10.